The second-order valence-corrected chi connectivity index (χ2v) is 6.08. The second-order valence-electron chi connectivity index (χ2n) is 6.08. The first-order valence-electron chi connectivity index (χ1n) is 7.45. The van der Waals surface area contributed by atoms with Gasteiger partial charge in [-0.2, -0.15) is 0 Å². The Morgan fingerprint density at radius 2 is 2.24 bits per heavy atom. The van der Waals surface area contributed by atoms with Crippen LogP contribution in [0.2, 0.25) is 0 Å². The van der Waals surface area contributed by atoms with Crippen LogP contribution in [0.1, 0.15) is 40.0 Å². The molecule has 0 amide bonds. The number of carboxylic acids is 1. The van der Waals surface area contributed by atoms with E-state index < -0.39 is 11.4 Å². The van der Waals surface area contributed by atoms with Crippen molar-refractivity contribution in [2.45, 2.75) is 46.6 Å². The molecule has 2 heterocycles. The van der Waals surface area contributed by atoms with Gasteiger partial charge in [-0.1, -0.05) is 13.3 Å². The van der Waals surface area contributed by atoms with Gasteiger partial charge in [0.1, 0.15) is 5.52 Å². The zero-order chi connectivity index (χ0) is 15.5. The predicted molar refractivity (Wildman–Crippen MR) is 82.0 cm³/mol. The summed E-state index contributed by atoms with van der Waals surface area (Å²) in [5.41, 5.74) is 1.31. The molecule has 0 aliphatic rings. The summed E-state index contributed by atoms with van der Waals surface area (Å²) in [6.07, 6.45) is 8.09. The molecule has 2 aromatic rings. The maximum atomic E-state index is 11.4. The van der Waals surface area contributed by atoms with Crippen molar-refractivity contribution in [2.24, 2.45) is 11.3 Å². The van der Waals surface area contributed by atoms with Gasteiger partial charge < -0.3 is 9.67 Å². The average molecular weight is 289 g/mol. The van der Waals surface area contributed by atoms with Gasteiger partial charge in [-0.05, 0) is 38.7 Å². The van der Waals surface area contributed by atoms with Crippen molar-refractivity contribution in [2.75, 3.05) is 0 Å². The second kappa shape index (κ2) is 6.24. The van der Waals surface area contributed by atoms with E-state index in [-0.39, 0.29) is 5.92 Å². The molecule has 114 valence electrons. The van der Waals surface area contributed by atoms with Gasteiger partial charge in [0.05, 0.1) is 23.5 Å². The molecule has 0 fully saturated rings. The van der Waals surface area contributed by atoms with Crippen LogP contribution in [0.25, 0.3) is 11.0 Å². The van der Waals surface area contributed by atoms with E-state index in [2.05, 4.69) is 21.5 Å². The highest BCUT2D eigenvalue weighted by Gasteiger charge is 2.35. The lowest BCUT2D eigenvalue weighted by atomic mass is 9.75. The highest BCUT2D eigenvalue weighted by atomic mass is 16.4. The van der Waals surface area contributed by atoms with Gasteiger partial charge in [0, 0.05) is 12.7 Å². The molecule has 0 spiro atoms. The number of imidazole rings is 1. The van der Waals surface area contributed by atoms with Crippen LogP contribution < -0.4 is 0 Å². The first-order chi connectivity index (χ1) is 9.96. The molecule has 5 nitrogen and oxygen atoms in total. The number of aliphatic carboxylic acids is 1. The Bertz CT molecular complexity index is 619. The monoisotopic (exact) mass is 289 g/mol. The van der Waals surface area contributed by atoms with Crippen LogP contribution in [0.5, 0.6) is 0 Å². The maximum absolute atomic E-state index is 11.4. The van der Waals surface area contributed by atoms with Crippen LogP contribution in [0.15, 0.2) is 24.8 Å². The smallest absolute Gasteiger partial charge is 0.309 e. The number of pyridine rings is 1. The third-order valence-electron chi connectivity index (χ3n) is 4.44. The van der Waals surface area contributed by atoms with Crippen molar-refractivity contribution < 1.29 is 9.90 Å². The Kier molecular flexibility index (Phi) is 4.60. The highest BCUT2D eigenvalue weighted by Crippen LogP contribution is 2.33. The molecule has 2 aromatic heterocycles. The van der Waals surface area contributed by atoms with Crippen LogP contribution >= 0.6 is 0 Å². The minimum absolute atomic E-state index is 0.187. The molecular formula is C16H23N3O2. The van der Waals surface area contributed by atoms with Crippen LogP contribution in [0, 0.1) is 11.3 Å². The van der Waals surface area contributed by atoms with Crippen LogP contribution in [0.3, 0.4) is 0 Å². The third kappa shape index (κ3) is 3.23. The molecule has 1 unspecified atom stereocenters. The number of aryl methyl sites for hydroxylation is 1. The molecule has 0 saturated carbocycles. The molecule has 1 N–H and O–H groups in total. The van der Waals surface area contributed by atoms with Crippen molar-refractivity contribution in [3.8, 4) is 0 Å². The van der Waals surface area contributed by atoms with E-state index >= 15 is 0 Å². The first-order valence-corrected chi connectivity index (χ1v) is 7.45. The molecule has 0 aromatic carbocycles. The summed E-state index contributed by atoms with van der Waals surface area (Å²) in [6, 6.07) is 1.96. The molecule has 2 rings (SSSR count). The van der Waals surface area contributed by atoms with Gasteiger partial charge in [0.15, 0.2) is 0 Å². The lowest BCUT2D eigenvalue weighted by Crippen LogP contribution is -2.32. The predicted octanol–water partition coefficient (Wildman–Crippen LogP) is 3.35. The lowest BCUT2D eigenvalue weighted by molar-refractivity contribution is -0.150. The minimum Gasteiger partial charge on any atom is -0.481 e. The Hall–Kier alpha value is -1.91. The molecule has 0 aliphatic heterocycles. The molecule has 1 atom stereocenters. The number of hydrogen-bond donors (Lipinski definition) is 1. The van der Waals surface area contributed by atoms with E-state index in [0.29, 0.717) is 0 Å². The fourth-order valence-corrected chi connectivity index (χ4v) is 2.85. The minimum atomic E-state index is -0.714. The number of rotatable bonds is 7. The summed E-state index contributed by atoms with van der Waals surface area (Å²) in [4.78, 5) is 19.7. The molecule has 0 aliphatic carbocycles. The summed E-state index contributed by atoms with van der Waals surface area (Å²) in [5.74, 6) is -0.528. The molecular weight excluding hydrogens is 266 g/mol. The molecule has 5 heteroatoms. The Balaban J connectivity index is 1.99. The first kappa shape index (κ1) is 15.5. The Morgan fingerprint density at radius 3 is 2.90 bits per heavy atom. The van der Waals surface area contributed by atoms with Crippen molar-refractivity contribution in [1.82, 2.24) is 14.5 Å². The average Bonchev–Trinajstić information content (AvgIpc) is 2.86. The standard InChI is InChI=1S/C16H23N3O2/c1-4-12(16(2,3)15(20)21)6-5-9-19-11-18-13-10-17-8-7-14(13)19/h7-8,10-12H,4-6,9H2,1-3H3,(H,20,21). The molecule has 21 heavy (non-hydrogen) atoms. The normalized spacial score (nSPS) is 13.5. The van der Waals surface area contributed by atoms with E-state index in [9.17, 15) is 9.90 Å². The fraction of sp³-hybridized carbons (Fsp3) is 0.562. The van der Waals surface area contributed by atoms with E-state index in [1.54, 1.807) is 12.4 Å². The lowest BCUT2D eigenvalue weighted by Gasteiger charge is -2.29. The van der Waals surface area contributed by atoms with Crippen LogP contribution in [0.4, 0.5) is 0 Å². The number of aromatic nitrogens is 3. The summed E-state index contributed by atoms with van der Waals surface area (Å²) < 4.78 is 2.11. The SMILES string of the molecule is CCC(CCCn1cnc2cnccc21)C(C)(C)C(=O)O. The topological polar surface area (TPSA) is 68.0 Å². The van der Waals surface area contributed by atoms with Gasteiger partial charge in [-0.3, -0.25) is 9.78 Å². The third-order valence-corrected chi connectivity index (χ3v) is 4.44. The molecule has 0 radical (unpaired) electrons. The quantitative estimate of drug-likeness (QED) is 0.848. The zero-order valence-electron chi connectivity index (χ0n) is 12.9. The summed E-state index contributed by atoms with van der Waals surface area (Å²) >= 11 is 0. The summed E-state index contributed by atoms with van der Waals surface area (Å²) in [6.45, 7) is 6.56. The van der Waals surface area contributed by atoms with Crippen molar-refractivity contribution in [3.63, 3.8) is 0 Å². The van der Waals surface area contributed by atoms with Gasteiger partial charge in [0.25, 0.3) is 0 Å². The Morgan fingerprint density at radius 1 is 1.48 bits per heavy atom. The number of nitrogens with zero attached hydrogens (tertiary/aromatic N) is 3. The van der Waals surface area contributed by atoms with Gasteiger partial charge >= 0.3 is 5.97 Å². The largest absolute Gasteiger partial charge is 0.481 e. The van der Waals surface area contributed by atoms with Gasteiger partial charge in [-0.15, -0.1) is 0 Å². The van der Waals surface area contributed by atoms with Crippen molar-refractivity contribution in [3.05, 3.63) is 24.8 Å². The number of hydrogen-bond acceptors (Lipinski definition) is 3. The zero-order valence-corrected chi connectivity index (χ0v) is 12.9. The number of carboxylic acid groups (broad SMARTS) is 1. The fourth-order valence-electron chi connectivity index (χ4n) is 2.85. The summed E-state index contributed by atoms with van der Waals surface area (Å²) in [5, 5.41) is 9.35. The van der Waals surface area contributed by atoms with E-state index in [1.165, 1.54) is 0 Å². The maximum Gasteiger partial charge on any atom is 0.309 e. The van der Waals surface area contributed by atoms with Crippen LogP contribution in [-0.2, 0) is 11.3 Å². The van der Waals surface area contributed by atoms with E-state index in [1.807, 2.05) is 26.2 Å². The van der Waals surface area contributed by atoms with Crippen LogP contribution in [-0.4, -0.2) is 25.6 Å². The number of carbonyl (C=O) groups is 1. The highest BCUT2D eigenvalue weighted by molar-refractivity contribution is 5.74. The van der Waals surface area contributed by atoms with E-state index in [4.69, 9.17) is 0 Å². The summed E-state index contributed by atoms with van der Waals surface area (Å²) in [7, 11) is 0. The Labute approximate surface area is 125 Å². The van der Waals surface area contributed by atoms with Gasteiger partial charge in [-0.25, -0.2) is 4.98 Å². The number of fused-ring (bicyclic) bond motifs is 1. The van der Waals surface area contributed by atoms with E-state index in [0.717, 1.165) is 36.8 Å². The van der Waals surface area contributed by atoms with Gasteiger partial charge in [0.2, 0.25) is 0 Å². The molecule has 0 saturated heterocycles. The molecule has 0 bridgehead atoms. The van der Waals surface area contributed by atoms with Crippen molar-refractivity contribution in [1.29, 1.82) is 0 Å². The van der Waals surface area contributed by atoms with Crippen molar-refractivity contribution >= 4 is 17.0 Å².